The summed E-state index contributed by atoms with van der Waals surface area (Å²) in [7, 11) is 0. The van der Waals surface area contributed by atoms with Crippen molar-refractivity contribution in [3.8, 4) is 0 Å². The highest BCUT2D eigenvalue weighted by Crippen LogP contribution is 2.21. The molecule has 0 fully saturated rings. The lowest BCUT2D eigenvalue weighted by molar-refractivity contribution is 0.147. The highest BCUT2D eigenvalue weighted by Gasteiger charge is 2.11. The van der Waals surface area contributed by atoms with Crippen molar-refractivity contribution in [1.29, 1.82) is 0 Å². The second-order valence-corrected chi connectivity index (χ2v) is 5.22. The number of anilines is 1. The second kappa shape index (κ2) is 7.84. The summed E-state index contributed by atoms with van der Waals surface area (Å²) >= 11 is 0. The van der Waals surface area contributed by atoms with E-state index in [9.17, 15) is 0 Å². The Morgan fingerprint density at radius 1 is 1.29 bits per heavy atom. The van der Waals surface area contributed by atoms with Crippen molar-refractivity contribution in [2.45, 2.75) is 33.2 Å². The van der Waals surface area contributed by atoms with E-state index in [0.717, 1.165) is 32.1 Å². The van der Waals surface area contributed by atoms with Crippen LogP contribution in [0.5, 0.6) is 0 Å². The van der Waals surface area contributed by atoms with Crippen LogP contribution in [0.4, 0.5) is 5.95 Å². The molecule has 21 heavy (non-hydrogen) atoms. The first kappa shape index (κ1) is 15.6. The summed E-state index contributed by atoms with van der Waals surface area (Å²) in [5.74, 6) is 0.916. The molecule has 0 aliphatic rings. The molecular weight excluding hydrogens is 262 g/mol. The van der Waals surface area contributed by atoms with Crippen LogP contribution < -0.4 is 5.32 Å². The first-order valence-corrected chi connectivity index (χ1v) is 7.63. The molecular formula is C17H25N3O. The molecule has 1 atom stereocenters. The molecule has 2 aromatic rings. The van der Waals surface area contributed by atoms with Crippen LogP contribution in [0.15, 0.2) is 36.7 Å². The monoisotopic (exact) mass is 287 g/mol. The van der Waals surface area contributed by atoms with Gasteiger partial charge in [-0.2, -0.15) is 0 Å². The average molecular weight is 287 g/mol. The number of nitrogens with zero attached hydrogens (tertiary/aromatic N) is 2. The molecule has 0 amide bonds. The topological polar surface area (TPSA) is 39.1 Å². The van der Waals surface area contributed by atoms with Crippen molar-refractivity contribution in [2.24, 2.45) is 0 Å². The fourth-order valence-electron chi connectivity index (χ4n) is 2.29. The molecule has 0 radical (unpaired) electrons. The van der Waals surface area contributed by atoms with Crippen molar-refractivity contribution in [3.05, 3.63) is 47.8 Å². The van der Waals surface area contributed by atoms with Gasteiger partial charge in [0.15, 0.2) is 0 Å². The van der Waals surface area contributed by atoms with Gasteiger partial charge in [0.2, 0.25) is 5.95 Å². The Morgan fingerprint density at radius 2 is 2.05 bits per heavy atom. The smallest absolute Gasteiger partial charge is 0.203 e. The quantitative estimate of drug-likeness (QED) is 0.753. The van der Waals surface area contributed by atoms with E-state index in [4.69, 9.17) is 4.74 Å². The van der Waals surface area contributed by atoms with Gasteiger partial charge in [-0.25, -0.2) is 4.98 Å². The van der Waals surface area contributed by atoms with Crippen LogP contribution in [0.3, 0.4) is 0 Å². The number of aromatic nitrogens is 2. The van der Waals surface area contributed by atoms with Gasteiger partial charge >= 0.3 is 0 Å². The van der Waals surface area contributed by atoms with E-state index in [0.29, 0.717) is 0 Å². The molecule has 114 valence electrons. The molecule has 0 saturated carbocycles. The van der Waals surface area contributed by atoms with Gasteiger partial charge in [-0.15, -0.1) is 0 Å². The van der Waals surface area contributed by atoms with Crippen LogP contribution in [0.1, 0.15) is 37.4 Å². The minimum Gasteiger partial charge on any atom is -0.382 e. The maximum atomic E-state index is 5.34. The van der Waals surface area contributed by atoms with E-state index in [1.54, 1.807) is 0 Å². The van der Waals surface area contributed by atoms with Crippen LogP contribution >= 0.6 is 0 Å². The highest BCUT2D eigenvalue weighted by atomic mass is 16.5. The predicted octanol–water partition coefficient (Wildman–Crippen LogP) is 3.64. The Labute approximate surface area is 127 Å². The first-order chi connectivity index (χ1) is 10.2. The van der Waals surface area contributed by atoms with E-state index in [1.165, 1.54) is 11.1 Å². The lowest BCUT2D eigenvalue weighted by Gasteiger charge is -2.17. The number of hydrogen-bond acceptors (Lipinski definition) is 3. The zero-order chi connectivity index (χ0) is 15.1. The van der Waals surface area contributed by atoms with Crippen molar-refractivity contribution >= 4 is 5.95 Å². The van der Waals surface area contributed by atoms with Gasteiger partial charge in [0.1, 0.15) is 0 Å². The molecule has 1 unspecified atom stereocenters. The van der Waals surface area contributed by atoms with Gasteiger partial charge in [0.25, 0.3) is 0 Å². The van der Waals surface area contributed by atoms with E-state index in [-0.39, 0.29) is 6.04 Å². The summed E-state index contributed by atoms with van der Waals surface area (Å²) in [6.07, 6.45) is 4.85. The summed E-state index contributed by atoms with van der Waals surface area (Å²) in [4.78, 5) is 4.41. The number of nitrogens with one attached hydrogen (secondary N) is 1. The maximum absolute atomic E-state index is 5.34. The summed E-state index contributed by atoms with van der Waals surface area (Å²) in [6.45, 7) is 8.76. The minimum atomic E-state index is 0.266. The molecule has 4 heteroatoms. The zero-order valence-corrected chi connectivity index (χ0v) is 13.2. The SMILES string of the molecule is CCOCCCNc1nccn1C(C)c1ccc(C)cc1. The number of benzene rings is 1. The fraction of sp³-hybridized carbons (Fsp3) is 0.471. The average Bonchev–Trinajstić information content (AvgIpc) is 2.95. The molecule has 2 rings (SSSR count). The van der Waals surface area contributed by atoms with E-state index in [1.807, 2.05) is 19.3 Å². The molecule has 1 heterocycles. The standard InChI is InChI=1S/C17H25N3O/c1-4-21-13-5-10-18-17-19-11-12-20(17)15(3)16-8-6-14(2)7-9-16/h6-9,11-12,15H,4-5,10,13H2,1-3H3,(H,18,19). The Hall–Kier alpha value is -1.81. The number of rotatable bonds is 8. The molecule has 0 aliphatic heterocycles. The van der Waals surface area contributed by atoms with Crippen LogP contribution in [-0.2, 0) is 4.74 Å². The third-order valence-electron chi connectivity index (χ3n) is 3.60. The Balaban J connectivity index is 1.97. The number of hydrogen-bond donors (Lipinski definition) is 1. The highest BCUT2D eigenvalue weighted by molar-refractivity contribution is 5.31. The summed E-state index contributed by atoms with van der Waals surface area (Å²) in [5.41, 5.74) is 2.57. The third-order valence-corrected chi connectivity index (χ3v) is 3.60. The molecule has 0 bridgehead atoms. The van der Waals surface area contributed by atoms with Crippen LogP contribution in [0, 0.1) is 6.92 Å². The predicted molar refractivity (Wildman–Crippen MR) is 86.8 cm³/mol. The largest absolute Gasteiger partial charge is 0.382 e. The van der Waals surface area contributed by atoms with E-state index in [2.05, 4.69) is 53.0 Å². The molecule has 0 saturated heterocycles. The Bertz CT molecular complexity index is 533. The number of ether oxygens (including phenoxy) is 1. The molecule has 4 nitrogen and oxygen atoms in total. The van der Waals surface area contributed by atoms with E-state index < -0.39 is 0 Å². The minimum absolute atomic E-state index is 0.266. The molecule has 0 spiro atoms. The van der Waals surface area contributed by atoms with Crippen LogP contribution in [-0.4, -0.2) is 29.3 Å². The van der Waals surface area contributed by atoms with Gasteiger partial charge in [0, 0.05) is 32.2 Å². The Morgan fingerprint density at radius 3 is 2.76 bits per heavy atom. The zero-order valence-electron chi connectivity index (χ0n) is 13.2. The molecule has 1 aromatic carbocycles. The van der Waals surface area contributed by atoms with Gasteiger partial charge in [-0.3, -0.25) is 0 Å². The van der Waals surface area contributed by atoms with Gasteiger partial charge in [0.05, 0.1) is 6.04 Å². The fourth-order valence-corrected chi connectivity index (χ4v) is 2.29. The molecule has 0 aliphatic carbocycles. The van der Waals surface area contributed by atoms with Crippen LogP contribution in [0.2, 0.25) is 0 Å². The van der Waals surface area contributed by atoms with Crippen molar-refractivity contribution in [1.82, 2.24) is 9.55 Å². The van der Waals surface area contributed by atoms with Gasteiger partial charge in [-0.05, 0) is 32.8 Å². The molecule has 1 aromatic heterocycles. The maximum Gasteiger partial charge on any atom is 0.203 e. The van der Waals surface area contributed by atoms with Crippen LogP contribution in [0.25, 0.3) is 0 Å². The molecule has 1 N–H and O–H groups in total. The number of imidazole rings is 1. The normalized spacial score (nSPS) is 12.3. The summed E-state index contributed by atoms with van der Waals surface area (Å²) in [6, 6.07) is 8.93. The first-order valence-electron chi connectivity index (χ1n) is 7.63. The van der Waals surface area contributed by atoms with Crippen molar-refractivity contribution < 1.29 is 4.74 Å². The second-order valence-electron chi connectivity index (χ2n) is 5.22. The lowest BCUT2D eigenvalue weighted by atomic mass is 10.1. The number of aryl methyl sites for hydroxylation is 1. The Kier molecular flexibility index (Phi) is 5.81. The van der Waals surface area contributed by atoms with Gasteiger partial charge in [-0.1, -0.05) is 29.8 Å². The van der Waals surface area contributed by atoms with Crippen molar-refractivity contribution in [3.63, 3.8) is 0 Å². The third kappa shape index (κ3) is 4.33. The summed E-state index contributed by atoms with van der Waals surface area (Å²) in [5, 5.41) is 3.39. The summed E-state index contributed by atoms with van der Waals surface area (Å²) < 4.78 is 7.52. The van der Waals surface area contributed by atoms with Crippen molar-refractivity contribution in [2.75, 3.05) is 25.1 Å². The lowest BCUT2D eigenvalue weighted by Crippen LogP contribution is -2.13. The van der Waals surface area contributed by atoms with E-state index >= 15 is 0 Å². The van der Waals surface area contributed by atoms with Gasteiger partial charge < -0.3 is 14.6 Å².